The molecule has 0 radical (unpaired) electrons. The van der Waals surface area contributed by atoms with Crippen molar-refractivity contribution in [3.8, 4) is 11.3 Å². The first-order valence-corrected chi connectivity index (χ1v) is 9.24. The molecule has 0 aliphatic carbocycles. The molecule has 0 aliphatic heterocycles. The van der Waals surface area contributed by atoms with Crippen LogP contribution >= 0.6 is 27.5 Å². The molecule has 136 valence electrons. The Labute approximate surface area is 165 Å². The van der Waals surface area contributed by atoms with Crippen molar-refractivity contribution in [2.75, 3.05) is 19.0 Å². The third-order valence-corrected chi connectivity index (χ3v) is 4.99. The van der Waals surface area contributed by atoms with Gasteiger partial charge in [0.2, 0.25) is 5.95 Å². The molecular weight excluding hydrogens is 421 g/mol. The second-order valence-electron chi connectivity index (χ2n) is 5.67. The van der Waals surface area contributed by atoms with Gasteiger partial charge in [-0.2, -0.15) is 0 Å². The highest BCUT2D eigenvalue weighted by atomic mass is 79.9. The second-order valence-corrected chi connectivity index (χ2v) is 6.96. The molecule has 1 heterocycles. The van der Waals surface area contributed by atoms with Crippen molar-refractivity contribution in [3.05, 3.63) is 69.5 Å². The summed E-state index contributed by atoms with van der Waals surface area (Å²) in [5, 5.41) is 3.90. The van der Waals surface area contributed by atoms with Crippen LogP contribution in [-0.2, 0) is 17.8 Å². The fourth-order valence-corrected chi connectivity index (χ4v) is 3.25. The number of aromatic nitrogens is 2. The molecule has 1 aromatic heterocycles. The number of halogens is 3. The van der Waals surface area contributed by atoms with Gasteiger partial charge in [-0.25, -0.2) is 9.37 Å². The Morgan fingerprint density at radius 2 is 2.00 bits per heavy atom. The van der Waals surface area contributed by atoms with Gasteiger partial charge in [-0.15, -0.1) is 0 Å². The molecule has 26 heavy (non-hydrogen) atoms. The number of hydrogen-bond donors (Lipinski definition) is 1. The Bertz CT molecular complexity index is 863. The average molecular weight is 439 g/mol. The first kappa shape index (κ1) is 18.9. The number of anilines is 1. The lowest BCUT2D eigenvalue weighted by Gasteiger charge is -2.14. The van der Waals surface area contributed by atoms with Gasteiger partial charge in [-0.05, 0) is 29.8 Å². The standard InChI is InChI=1S/C19H18BrClFN3O/c1-26-10-9-25-18(13-5-7-14(21)8-6-13)12-24-19(25)23-11-15-16(20)3-2-4-17(15)22/h2-8,12H,9-11H2,1H3,(H,23,24). The van der Waals surface area contributed by atoms with Crippen LogP contribution in [0.1, 0.15) is 5.56 Å². The molecule has 4 nitrogen and oxygen atoms in total. The fourth-order valence-electron chi connectivity index (χ4n) is 2.65. The van der Waals surface area contributed by atoms with Crippen LogP contribution in [0.2, 0.25) is 5.02 Å². The van der Waals surface area contributed by atoms with E-state index in [1.54, 1.807) is 19.4 Å². The SMILES string of the molecule is COCCn1c(-c2ccc(Cl)cc2)cnc1NCc1c(F)cccc1Br. The van der Waals surface area contributed by atoms with Gasteiger partial charge >= 0.3 is 0 Å². The van der Waals surface area contributed by atoms with E-state index < -0.39 is 0 Å². The van der Waals surface area contributed by atoms with Crippen molar-refractivity contribution >= 4 is 33.5 Å². The van der Waals surface area contributed by atoms with Crippen molar-refractivity contribution in [2.45, 2.75) is 13.1 Å². The lowest BCUT2D eigenvalue weighted by molar-refractivity contribution is 0.188. The second kappa shape index (κ2) is 8.66. The molecular formula is C19H18BrClFN3O. The van der Waals surface area contributed by atoms with E-state index in [1.807, 2.05) is 34.9 Å². The van der Waals surface area contributed by atoms with E-state index in [1.165, 1.54) is 6.07 Å². The summed E-state index contributed by atoms with van der Waals surface area (Å²) in [7, 11) is 1.66. The molecule has 2 aromatic carbocycles. The normalized spacial score (nSPS) is 10.9. The summed E-state index contributed by atoms with van der Waals surface area (Å²) < 4.78 is 22.0. The van der Waals surface area contributed by atoms with Gasteiger partial charge in [0, 0.05) is 35.3 Å². The number of nitrogens with one attached hydrogen (secondary N) is 1. The number of rotatable bonds is 7. The zero-order valence-electron chi connectivity index (χ0n) is 14.2. The van der Waals surface area contributed by atoms with Gasteiger partial charge in [0.25, 0.3) is 0 Å². The Morgan fingerprint density at radius 3 is 2.69 bits per heavy atom. The Kier molecular flexibility index (Phi) is 6.29. The molecule has 3 aromatic rings. The van der Waals surface area contributed by atoms with E-state index in [0.29, 0.717) is 36.2 Å². The highest BCUT2D eigenvalue weighted by molar-refractivity contribution is 9.10. The van der Waals surface area contributed by atoms with Gasteiger partial charge < -0.3 is 14.6 Å². The number of benzene rings is 2. The molecule has 0 bridgehead atoms. The van der Waals surface area contributed by atoms with E-state index in [-0.39, 0.29) is 5.82 Å². The van der Waals surface area contributed by atoms with Crippen LogP contribution in [0.25, 0.3) is 11.3 Å². The van der Waals surface area contributed by atoms with E-state index >= 15 is 0 Å². The largest absolute Gasteiger partial charge is 0.383 e. The average Bonchev–Trinajstić information content (AvgIpc) is 3.03. The lowest BCUT2D eigenvalue weighted by Crippen LogP contribution is -2.12. The summed E-state index contributed by atoms with van der Waals surface area (Å²) in [6, 6.07) is 12.5. The molecule has 0 spiro atoms. The number of imidazole rings is 1. The first-order valence-electron chi connectivity index (χ1n) is 8.07. The van der Waals surface area contributed by atoms with Crippen LogP contribution in [0.3, 0.4) is 0 Å². The molecule has 0 atom stereocenters. The van der Waals surface area contributed by atoms with Gasteiger partial charge in [0.1, 0.15) is 5.82 Å². The molecule has 0 aliphatic rings. The Hall–Kier alpha value is -1.89. The van der Waals surface area contributed by atoms with Crippen molar-refractivity contribution in [2.24, 2.45) is 0 Å². The predicted molar refractivity (Wildman–Crippen MR) is 106 cm³/mol. The predicted octanol–water partition coefficient (Wildman–Crippen LogP) is 5.36. The Morgan fingerprint density at radius 1 is 1.23 bits per heavy atom. The van der Waals surface area contributed by atoms with Gasteiger partial charge in [0.05, 0.1) is 18.5 Å². The fraction of sp³-hybridized carbons (Fsp3) is 0.211. The molecule has 0 fully saturated rings. The summed E-state index contributed by atoms with van der Waals surface area (Å²) in [4.78, 5) is 4.47. The zero-order valence-corrected chi connectivity index (χ0v) is 16.5. The topological polar surface area (TPSA) is 39.1 Å². The van der Waals surface area contributed by atoms with Crippen LogP contribution in [0, 0.1) is 5.82 Å². The van der Waals surface area contributed by atoms with Crippen molar-refractivity contribution in [3.63, 3.8) is 0 Å². The monoisotopic (exact) mass is 437 g/mol. The van der Waals surface area contributed by atoms with Gasteiger partial charge in [-0.1, -0.05) is 45.7 Å². The van der Waals surface area contributed by atoms with E-state index in [9.17, 15) is 4.39 Å². The minimum Gasteiger partial charge on any atom is -0.383 e. The number of methoxy groups -OCH3 is 1. The minimum absolute atomic E-state index is 0.264. The van der Waals surface area contributed by atoms with Crippen molar-refractivity contribution in [1.29, 1.82) is 0 Å². The maximum atomic E-state index is 14.0. The summed E-state index contributed by atoms with van der Waals surface area (Å²) in [5.74, 6) is 0.391. The highest BCUT2D eigenvalue weighted by Gasteiger charge is 2.13. The molecule has 1 N–H and O–H groups in total. The van der Waals surface area contributed by atoms with Crippen LogP contribution in [0.4, 0.5) is 10.3 Å². The van der Waals surface area contributed by atoms with Crippen molar-refractivity contribution < 1.29 is 9.13 Å². The number of ether oxygens (including phenoxy) is 1. The summed E-state index contributed by atoms with van der Waals surface area (Å²) >= 11 is 9.37. The smallest absolute Gasteiger partial charge is 0.203 e. The Balaban J connectivity index is 1.88. The van der Waals surface area contributed by atoms with Crippen LogP contribution < -0.4 is 5.32 Å². The molecule has 0 saturated carbocycles. The maximum Gasteiger partial charge on any atom is 0.203 e. The van der Waals surface area contributed by atoms with E-state index in [4.69, 9.17) is 16.3 Å². The summed E-state index contributed by atoms with van der Waals surface area (Å²) in [6.07, 6.45) is 1.79. The lowest BCUT2D eigenvalue weighted by atomic mass is 10.2. The first-order chi connectivity index (χ1) is 12.6. The number of nitrogens with zero attached hydrogens (tertiary/aromatic N) is 2. The minimum atomic E-state index is -0.264. The van der Waals surface area contributed by atoms with Crippen LogP contribution in [-0.4, -0.2) is 23.3 Å². The van der Waals surface area contributed by atoms with Gasteiger partial charge in [-0.3, -0.25) is 0 Å². The molecule has 0 amide bonds. The zero-order chi connectivity index (χ0) is 18.5. The molecule has 7 heteroatoms. The molecule has 0 unspecified atom stereocenters. The molecule has 0 saturated heterocycles. The van der Waals surface area contributed by atoms with Gasteiger partial charge in [0.15, 0.2) is 0 Å². The van der Waals surface area contributed by atoms with E-state index in [0.717, 1.165) is 15.7 Å². The summed E-state index contributed by atoms with van der Waals surface area (Å²) in [6.45, 7) is 1.47. The van der Waals surface area contributed by atoms with E-state index in [2.05, 4.69) is 26.2 Å². The highest BCUT2D eigenvalue weighted by Crippen LogP contribution is 2.26. The van der Waals surface area contributed by atoms with Crippen molar-refractivity contribution in [1.82, 2.24) is 9.55 Å². The quantitative estimate of drug-likeness (QED) is 0.539. The third kappa shape index (κ3) is 4.26. The van der Waals surface area contributed by atoms with Crippen LogP contribution in [0.5, 0.6) is 0 Å². The van der Waals surface area contributed by atoms with Crippen LogP contribution in [0.15, 0.2) is 53.1 Å². The molecule has 3 rings (SSSR count). The number of hydrogen-bond acceptors (Lipinski definition) is 3. The summed E-state index contributed by atoms with van der Waals surface area (Å²) in [5.41, 5.74) is 2.49. The third-order valence-electron chi connectivity index (χ3n) is 4.00. The maximum absolute atomic E-state index is 14.0.